The maximum Gasteiger partial charge on any atom is 0.244 e. The molecule has 1 fully saturated rings. The normalized spacial score (nSPS) is 18.2. The predicted octanol–water partition coefficient (Wildman–Crippen LogP) is 3.08. The first-order valence-electron chi connectivity index (χ1n) is 7.80. The van der Waals surface area contributed by atoms with Gasteiger partial charge in [0, 0.05) is 24.2 Å². The molecule has 0 radical (unpaired) electrons. The van der Waals surface area contributed by atoms with E-state index in [0.717, 1.165) is 16.3 Å². The average Bonchev–Trinajstić information content (AvgIpc) is 3.14. The number of likely N-dealkylation sites (N-methyl/N-ethyl adjacent to an activating group) is 1. The summed E-state index contributed by atoms with van der Waals surface area (Å²) in [5.74, 6) is -0.378. The summed E-state index contributed by atoms with van der Waals surface area (Å²) in [6.07, 6.45) is 3.52. The smallest absolute Gasteiger partial charge is 0.244 e. The van der Waals surface area contributed by atoms with Gasteiger partial charge in [0.1, 0.15) is 5.82 Å². The molecule has 1 atom stereocenters. The van der Waals surface area contributed by atoms with E-state index < -0.39 is 0 Å². The minimum atomic E-state index is -0.348. The number of carbonyl (C=O) groups is 1. The van der Waals surface area contributed by atoms with Gasteiger partial charge in [-0.05, 0) is 32.0 Å². The zero-order valence-electron chi connectivity index (χ0n) is 13.3. The van der Waals surface area contributed by atoms with Crippen LogP contribution in [0.1, 0.15) is 23.2 Å². The van der Waals surface area contributed by atoms with Gasteiger partial charge in [0.2, 0.25) is 5.91 Å². The number of benzene rings is 1. The molecule has 1 aliphatic heterocycles. The first kappa shape index (κ1) is 16.1. The van der Waals surface area contributed by atoms with Crippen molar-refractivity contribution in [2.45, 2.75) is 32.4 Å². The number of rotatable bonds is 5. The Morgan fingerprint density at radius 2 is 2.22 bits per heavy atom. The molecule has 1 saturated heterocycles. The number of hydrogen-bond acceptors (Lipinski definition) is 4. The maximum atomic E-state index is 13.9. The second-order valence-corrected chi connectivity index (χ2v) is 6.93. The summed E-state index contributed by atoms with van der Waals surface area (Å²) in [6, 6.07) is 6.24. The number of thiazole rings is 1. The Morgan fingerprint density at radius 3 is 2.91 bits per heavy atom. The van der Waals surface area contributed by atoms with Crippen LogP contribution in [0.4, 0.5) is 10.1 Å². The Labute approximate surface area is 139 Å². The third-order valence-corrected chi connectivity index (χ3v) is 5.29. The lowest BCUT2D eigenvalue weighted by Crippen LogP contribution is -2.39. The van der Waals surface area contributed by atoms with E-state index in [1.54, 1.807) is 34.4 Å². The van der Waals surface area contributed by atoms with Crippen molar-refractivity contribution in [2.24, 2.45) is 0 Å². The van der Waals surface area contributed by atoms with Gasteiger partial charge in [-0.1, -0.05) is 19.1 Å². The van der Waals surface area contributed by atoms with Crippen LogP contribution in [0.2, 0.25) is 0 Å². The lowest BCUT2D eigenvalue weighted by molar-refractivity contribution is -0.121. The Bertz CT molecular complexity index is 703. The van der Waals surface area contributed by atoms with Crippen LogP contribution in [0.5, 0.6) is 0 Å². The largest absolute Gasteiger partial charge is 0.308 e. The third-order valence-electron chi connectivity index (χ3n) is 4.16. The molecule has 0 bridgehead atoms. The molecule has 122 valence electrons. The quantitative estimate of drug-likeness (QED) is 0.844. The molecule has 1 aromatic heterocycles. The van der Waals surface area contributed by atoms with Crippen LogP contribution in [0.15, 0.2) is 30.5 Å². The van der Waals surface area contributed by atoms with E-state index in [-0.39, 0.29) is 17.8 Å². The fourth-order valence-corrected chi connectivity index (χ4v) is 3.85. The van der Waals surface area contributed by atoms with Gasteiger partial charge in [-0.3, -0.25) is 9.69 Å². The highest BCUT2D eigenvalue weighted by Gasteiger charge is 2.36. The average molecular weight is 333 g/mol. The Balaban J connectivity index is 1.70. The fourth-order valence-electron chi connectivity index (χ4n) is 2.92. The van der Waals surface area contributed by atoms with Gasteiger partial charge < -0.3 is 4.90 Å². The summed E-state index contributed by atoms with van der Waals surface area (Å²) in [5, 5.41) is 1.11. The van der Waals surface area contributed by atoms with Crippen molar-refractivity contribution in [3.05, 3.63) is 46.2 Å². The second-order valence-electron chi connectivity index (χ2n) is 5.73. The standard InChI is InChI=1S/C17H20FN3OS/c1-3-16-19-10-12(23-16)11-20(2)15-8-9-21(17(15)22)14-7-5-4-6-13(14)18/h4-7,10,15H,3,8-9,11H2,1-2H3. The highest BCUT2D eigenvalue weighted by Crippen LogP contribution is 2.27. The topological polar surface area (TPSA) is 36.4 Å². The molecule has 0 spiro atoms. The Hall–Kier alpha value is -1.79. The number of carbonyl (C=O) groups excluding carboxylic acids is 1. The summed E-state index contributed by atoms with van der Waals surface area (Å²) in [7, 11) is 1.94. The zero-order valence-corrected chi connectivity index (χ0v) is 14.1. The highest BCUT2D eigenvalue weighted by molar-refractivity contribution is 7.11. The summed E-state index contributed by atoms with van der Waals surface area (Å²) < 4.78 is 13.9. The highest BCUT2D eigenvalue weighted by atomic mass is 32.1. The summed E-state index contributed by atoms with van der Waals surface area (Å²) in [6.45, 7) is 3.33. The molecular weight excluding hydrogens is 313 g/mol. The van der Waals surface area contributed by atoms with Gasteiger partial charge in [0.15, 0.2) is 0 Å². The zero-order chi connectivity index (χ0) is 16.4. The molecule has 2 heterocycles. The lowest BCUT2D eigenvalue weighted by Gasteiger charge is -2.23. The van der Waals surface area contributed by atoms with Crippen LogP contribution in [0, 0.1) is 5.82 Å². The van der Waals surface area contributed by atoms with E-state index in [0.29, 0.717) is 25.2 Å². The molecule has 4 nitrogen and oxygen atoms in total. The first-order valence-corrected chi connectivity index (χ1v) is 8.61. The van der Waals surface area contributed by atoms with Gasteiger partial charge in [-0.15, -0.1) is 11.3 Å². The molecule has 1 unspecified atom stereocenters. The van der Waals surface area contributed by atoms with E-state index in [2.05, 4.69) is 11.9 Å². The fraction of sp³-hybridized carbons (Fsp3) is 0.412. The molecule has 6 heteroatoms. The molecule has 1 aromatic carbocycles. The molecule has 0 N–H and O–H groups in total. The van der Waals surface area contributed by atoms with E-state index in [9.17, 15) is 9.18 Å². The number of anilines is 1. The third kappa shape index (κ3) is 3.28. The van der Waals surface area contributed by atoms with Gasteiger partial charge in [-0.25, -0.2) is 9.37 Å². The monoisotopic (exact) mass is 333 g/mol. The number of para-hydroxylation sites is 1. The molecular formula is C17H20FN3OS. The van der Waals surface area contributed by atoms with Crippen LogP contribution in [0.3, 0.4) is 0 Å². The minimum absolute atomic E-state index is 0.0298. The van der Waals surface area contributed by atoms with Crippen molar-refractivity contribution in [3.63, 3.8) is 0 Å². The molecule has 0 saturated carbocycles. The van der Waals surface area contributed by atoms with Crippen LogP contribution in [-0.2, 0) is 17.8 Å². The number of aryl methyl sites for hydroxylation is 1. The number of halogens is 1. The van der Waals surface area contributed by atoms with Crippen LogP contribution < -0.4 is 4.90 Å². The first-order chi connectivity index (χ1) is 11.1. The van der Waals surface area contributed by atoms with Crippen molar-refractivity contribution < 1.29 is 9.18 Å². The molecule has 0 aliphatic carbocycles. The molecule has 3 rings (SSSR count). The van der Waals surface area contributed by atoms with E-state index >= 15 is 0 Å². The number of aromatic nitrogens is 1. The Morgan fingerprint density at radius 1 is 1.43 bits per heavy atom. The predicted molar refractivity (Wildman–Crippen MR) is 90.1 cm³/mol. The number of amides is 1. The maximum absolute atomic E-state index is 13.9. The Kier molecular flexibility index (Phi) is 4.73. The lowest BCUT2D eigenvalue weighted by atomic mass is 10.2. The summed E-state index contributed by atoms with van der Waals surface area (Å²) in [4.78, 5) is 21.8. The van der Waals surface area contributed by atoms with Crippen molar-refractivity contribution in [1.82, 2.24) is 9.88 Å². The summed E-state index contributed by atoms with van der Waals surface area (Å²) >= 11 is 1.68. The molecule has 1 amide bonds. The van der Waals surface area contributed by atoms with Crippen molar-refractivity contribution in [2.75, 3.05) is 18.5 Å². The molecule has 23 heavy (non-hydrogen) atoms. The van der Waals surface area contributed by atoms with E-state index in [1.165, 1.54) is 6.07 Å². The van der Waals surface area contributed by atoms with Crippen molar-refractivity contribution in [1.29, 1.82) is 0 Å². The minimum Gasteiger partial charge on any atom is -0.308 e. The number of hydrogen-bond donors (Lipinski definition) is 0. The molecule has 1 aliphatic rings. The van der Waals surface area contributed by atoms with Crippen molar-refractivity contribution >= 4 is 22.9 Å². The van der Waals surface area contributed by atoms with Gasteiger partial charge in [0.05, 0.1) is 16.7 Å². The molecule has 2 aromatic rings. The van der Waals surface area contributed by atoms with Gasteiger partial charge in [0.25, 0.3) is 0 Å². The van der Waals surface area contributed by atoms with Gasteiger partial charge in [-0.2, -0.15) is 0 Å². The van der Waals surface area contributed by atoms with E-state index in [1.807, 2.05) is 18.1 Å². The van der Waals surface area contributed by atoms with Gasteiger partial charge >= 0.3 is 0 Å². The number of nitrogens with zero attached hydrogens (tertiary/aromatic N) is 3. The van der Waals surface area contributed by atoms with Crippen LogP contribution in [-0.4, -0.2) is 35.4 Å². The second kappa shape index (κ2) is 6.76. The SMILES string of the molecule is CCc1ncc(CN(C)C2CCN(c3ccccc3F)C2=O)s1. The van der Waals surface area contributed by atoms with Crippen molar-refractivity contribution in [3.8, 4) is 0 Å². The summed E-state index contributed by atoms with van der Waals surface area (Å²) in [5.41, 5.74) is 0.374. The van der Waals surface area contributed by atoms with E-state index in [4.69, 9.17) is 0 Å². The van der Waals surface area contributed by atoms with Crippen LogP contribution in [0.25, 0.3) is 0 Å². The van der Waals surface area contributed by atoms with Crippen LogP contribution >= 0.6 is 11.3 Å².